The van der Waals surface area contributed by atoms with Crippen molar-refractivity contribution in [2.75, 3.05) is 31.9 Å². The van der Waals surface area contributed by atoms with Gasteiger partial charge in [-0.1, -0.05) is 25.1 Å². The second-order valence-electron chi connectivity index (χ2n) is 6.90. The van der Waals surface area contributed by atoms with E-state index in [0.29, 0.717) is 19.6 Å². The number of benzene rings is 1. The quantitative estimate of drug-likeness (QED) is 0.287. The standard InChI is InChI=1S/C20H34N4O3S.HI/c1-4-18(27-19-10-8-7-9-11-19)16-22-20(21-5-2)23-17-12-14-24(15-13-17)28(25,26)6-3;/h7-11,17-18H,4-6,12-16H2,1-3H3,(H2,21,22,23);1H. The fourth-order valence-corrected chi connectivity index (χ4v) is 4.24. The summed E-state index contributed by atoms with van der Waals surface area (Å²) >= 11 is 0. The van der Waals surface area contributed by atoms with Crippen LogP contribution >= 0.6 is 24.0 Å². The number of sulfonamides is 1. The first kappa shape index (κ1) is 26.0. The Balaban J connectivity index is 0.00000420. The lowest BCUT2D eigenvalue weighted by molar-refractivity contribution is 0.205. The van der Waals surface area contributed by atoms with Crippen molar-refractivity contribution in [1.82, 2.24) is 14.9 Å². The van der Waals surface area contributed by atoms with Crippen molar-refractivity contribution in [3.8, 4) is 5.75 Å². The van der Waals surface area contributed by atoms with E-state index in [9.17, 15) is 8.42 Å². The van der Waals surface area contributed by atoms with E-state index in [1.165, 1.54) is 0 Å². The van der Waals surface area contributed by atoms with Crippen LogP contribution < -0.4 is 15.4 Å². The van der Waals surface area contributed by atoms with Gasteiger partial charge in [0.1, 0.15) is 11.9 Å². The number of nitrogens with zero attached hydrogens (tertiary/aromatic N) is 2. The molecule has 0 aromatic heterocycles. The molecule has 1 fully saturated rings. The number of piperidine rings is 1. The molecular formula is C20H35IN4O3S. The number of guanidine groups is 1. The highest BCUT2D eigenvalue weighted by molar-refractivity contribution is 14.0. The molecule has 0 saturated carbocycles. The van der Waals surface area contributed by atoms with Crippen molar-refractivity contribution >= 4 is 40.0 Å². The summed E-state index contributed by atoms with van der Waals surface area (Å²) in [5.74, 6) is 1.77. The van der Waals surface area contributed by atoms with Gasteiger partial charge in [0, 0.05) is 25.7 Å². The maximum Gasteiger partial charge on any atom is 0.213 e. The monoisotopic (exact) mass is 538 g/mol. The Hall–Kier alpha value is -1.07. The highest BCUT2D eigenvalue weighted by atomic mass is 127. The molecule has 166 valence electrons. The summed E-state index contributed by atoms with van der Waals surface area (Å²) in [7, 11) is -3.09. The van der Waals surface area contributed by atoms with Crippen LogP contribution in [0.15, 0.2) is 35.3 Å². The molecule has 7 nitrogen and oxygen atoms in total. The zero-order valence-corrected chi connectivity index (χ0v) is 20.8. The van der Waals surface area contributed by atoms with Crippen LogP contribution in [0.2, 0.25) is 0 Å². The molecule has 1 aromatic rings. The Labute approximate surface area is 192 Å². The first-order valence-corrected chi connectivity index (χ1v) is 11.8. The van der Waals surface area contributed by atoms with E-state index in [-0.39, 0.29) is 41.9 Å². The van der Waals surface area contributed by atoms with Crippen molar-refractivity contribution in [2.24, 2.45) is 4.99 Å². The van der Waals surface area contributed by atoms with Crippen LogP contribution in [0.4, 0.5) is 0 Å². The van der Waals surface area contributed by atoms with Gasteiger partial charge in [-0.2, -0.15) is 0 Å². The van der Waals surface area contributed by atoms with Crippen molar-refractivity contribution in [1.29, 1.82) is 0 Å². The number of hydrogen-bond acceptors (Lipinski definition) is 4. The fraction of sp³-hybridized carbons (Fsp3) is 0.650. The van der Waals surface area contributed by atoms with E-state index in [1.807, 2.05) is 37.3 Å². The van der Waals surface area contributed by atoms with Crippen LogP contribution in [-0.2, 0) is 10.0 Å². The fourth-order valence-electron chi connectivity index (χ4n) is 3.11. The molecule has 1 unspecified atom stereocenters. The lowest BCUT2D eigenvalue weighted by Crippen LogP contribution is -2.50. The Morgan fingerprint density at radius 3 is 2.41 bits per heavy atom. The minimum atomic E-state index is -3.09. The third-order valence-electron chi connectivity index (χ3n) is 4.85. The van der Waals surface area contributed by atoms with Crippen LogP contribution in [-0.4, -0.2) is 62.8 Å². The van der Waals surface area contributed by atoms with Gasteiger partial charge in [-0.3, -0.25) is 0 Å². The average molecular weight is 538 g/mol. The normalized spacial score (nSPS) is 17.3. The van der Waals surface area contributed by atoms with Gasteiger partial charge in [-0.25, -0.2) is 17.7 Å². The predicted molar refractivity (Wildman–Crippen MR) is 130 cm³/mol. The molecule has 0 radical (unpaired) electrons. The zero-order chi connectivity index (χ0) is 20.4. The number of halogens is 1. The summed E-state index contributed by atoms with van der Waals surface area (Å²) in [6.45, 7) is 8.26. The van der Waals surface area contributed by atoms with Crippen molar-refractivity contribution in [3.05, 3.63) is 30.3 Å². The number of ether oxygens (including phenoxy) is 1. The number of rotatable bonds is 9. The minimum absolute atomic E-state index is 0. The van der Waals surface area contributed by atoms with E-state index in [2.05, 4.69) is 17.6 Å². The zero-order valence-electron chi connectivity index (χ0n) is 17.6. The minimum Gasteiger partial charge on any atom is -0.489 e. The second kappa shape index (κ2) is 13.3. The topological polar surface area (TPSA) is 83.0 Å². The Morgan fingerprint density at radius 2 is 1.86 bits per heavy atom. The van der Waals surface area contributed by atoms with Crippen LogP contribution in [0.1, 0.15) is 40.0 Å². The first-order chi connectivity index (χ1) is 13.5. The molecule has 29 heavy (non-hydrogen) atoms. The third-order valence-corrected chi connectivity index (χ3v) is 6.73. The first-order valence-electron chi connectivity index (χ1n) is 10.2. The number of para-hydroxylation sites is 1. The van der Waals surface area contributed by atoms with E-state index in [0.717, 1.165) is 37.5 Å². The van der Waals surface area contributed by atoms with Gasteiger partial charge < -0.3 is 15.4 Å². The van der Waals surface area contributed by atoms with Gasteiger partial charge in [0.2, 0.25) is 10.0 Å². The van der Waals surface area contributed by atoms with E-state index in [4.69, 9.17) is 9.73 Å². The Bertz CT molecular complexity index is 708. The van der Waals surface area contributed by atoms with Crippen LogP contribution in [0, 0.1) is 0 Å². The Morgan fingerprint density at radius 1 is 1.21 bits per heavy atom. The summed E-state index contributed by atoms with van der Waals surface area (Å²) < 4.78 is 31.6. The summed E-state index contributed by atoms with van der Waals surface area (Å²) in [6.07, 6.45) is 2.43. The molecule has 1 heterocycles. The SMILES string of the molecule is CCNC(=NCC(CC)Oc1ccccc1)NC1CCN(S(=O)(=O)CC)CC1.I. The average Bonchev–Trinajstić information content (AvgIpc) is 2.72. The number of aliphatic imine (C=N–C) groups is 1. The summed E-state index contributed by atoms with van der Waals surface area (Å²) in [5, 5.41) is 6.73. The molecule has 2 rings (SSSR count). The second-order valence-corrected chi connectivity index (χ2v) is 9.16. The molecule has 2 N–H and O–H groups in total. The van der Waals surface area contributed by atoms with Crippen LogP contribution in [0.3, 0.4) is 0 Å². The molecule has 1 atom stereocenters. The number of nitrogens with one attached hydrogen (secondary N) is 2. The largest absolute Gasteiger partial charge is 0.489 e. The molecule has 1 aromatic carbocycles. The van der Waals surface area contributed by atoms with Gasteiger partial charge >= 0.3 is 0 Å². The highest BCUT2D eigenvalue weighted by Gasteiger charge is 2.27. The molecule has 0 spiro atoms. The van der Waals surface area contributed by atoms with E-state index >= 15 is 0 Å². The van der Waals surface area contributed by atoms with Gasteiger partial charge in [0.15, 0.2) is 5.96 Å². The van der Waals surface area contributed by atoms with Crippen LogP contribution in [0.5, 0.6) is 5.75 Å². The van der Waals surface area contributed by atoms with Crippen molar-refractivity contribution in [3.63, 3.8) is 0 Å². The predicted octanol–water partition coefficient (Wildman–Crippen LogP) is 2.83. The summed E-state index contributed by atoms with van der Waals surface area (Å²) in [4.78, 5) is 4.70. The molecule has 1 aliphatic rings. The molecule has 1 saturated heterocycles. The molecule has 1 aliphatic heterocycles. The lowest BCUT2D eigenvalue weighted by atomic mass is 10.1. The molecule has 9 heteroatoms. The summed E-state index contributed by atoms with van der Waals surface area (Å²) in [5.41, 5.74) is 0. The third kappa shape index (κ3) is 8.67. The summed E-state index contributed by atoms with van der Waals surface area (Å²) in [6, 6.07) is 10.0. The van der Waals surface area contributed by atoms with Gasteiger partial charge in [0.25, 0.3) is 0 Å². The van der Waals surface area contributed by atoms with E-state index < -0.39 is 10.0 Å². The molecule has 0 aliphatic carbocycles. The number of hydrogen-bond donors (Lipinski definition) is 2. The van der Waals surface area contributed by atoms with E-state index in [1.54, 1.807) is 11.2 Å². The van der Waals surface area contributed by atoms with Crippen molar-refractivity contribution in [2.45, 2.75) is 52.2 Å². The maximum atomic E-state index is 12.0. The molecule has 0 amide bonds. The Kier molecular flexibility index (Phi) is 11.9. The molecular weight excluding hydrogens is 503 g/mol. The van der Waals surface area contributed by atoms with Gasteiger partial charge in [0.05, 0.1) is 12.3 Å². The molecule has 0 bridgehead atoms. The van der Waals surface area contributed by atoms with Gasteiger partial charge in [-0.05, 0) is 45.2 Å². The van der Waals surface area contributed by atoms with Gasteiger partial charge in [-0.15, -0.1) is 24.0 Å². The lowest BCUT2D eigenvalue weighted by Gasteiger charge is -2.32. The highest BCUT2D eigenvalue weighted by Crippen LogP contribution is 2.15. The van der Waals surface area contributed by atoms with Crippen LogP contribution in [0.25, 0.3) is 0 Å². The maximum absolute atomic E-state index is 12.0. The smallest absolute Gasteiger partial charge is 0.213 e. The van der Waals surface area contributed by atoms with Crippen molar-refractivity contribution < 1.29 is 13.2 Å².